The molecule has 0 spiro atoms. The highest BCUT2D eigenvalue weighted by Crippen LogP contribution is 2.27. The Kier molecular flexibility index (Phi) is 5.21. The summed E-state index contributed by atoms with van der Waals surface area (Å²) in [6, 6.07) is 11.7. The van der Waals surface area contributed by atoms with Gasteiger partial charge in [0.15, 0.2) is 6.61 Å². The molecule has 1 heterocycles. The molecule has 0 aliphatic heterocycles. The Labute approximate surface area is 153 Å². The maximum atomic E-state index is 12.2. The number of aromatic nitrogens is 2. The number of esters is 1. The van der Waals surface area contributed by atoms with Gasteiger partial charge in [-0.05, 0) is 30.3 Å². The molecule has 1 aromatic heterocycles. The normalized spacial score (nSPS) is 10.5. The van der Waals surface area contributed by atoms with Gasteiger partial charge in [0.1, 0.15) is 11.3 Å². The average Bonchev–Trinajstić information content (AvgIpc) is 3.08. The van der Waals surface area contributed by atoms with Crippen LogP contribution in [0.1, 0.15) is 16.2 Å². The van der Waals surface area contributed by atoms with Crippen LogP contribution in [0.2, 0.25) is 10.0 Å². The molecule has 2 aromatic carbocycles. The van der Waals surface area contributed by atoms with Crippen LogP contribution in [0.5, 0.6) is 5.75 Å². The fourth-order valence-electron chi connectivity index (χ4n) is 2.10. The lowest BCUT2D eigenvalue weighted by molar-refractivity contribution is 0.0435. The van der Waals surface area contributed by atoms with Crippen molar-refractivity contribution < 1.29 is 18.7 Å². The molecule has 0 amide bonds. The summed E-state index contributed by atoms with van der Waals surface area (Å²) >= 11 is 12.0. The molecule has 0 fully saturated rings. The molecule has 0 saturated heterocycles. The summed E-state index contributed by atoms with van der Waals surface area (Å²) in [5.41, 5.74) is 0.812. The van der Waals surface area contributed by atoms with E-state index in [4.69, 9.17) is 37.1 Å². The first-order valence-electron chi connectivity index (χ1n) is 7.16. The van der Waals surface area contributed by atoms with Crippen LogP contribution in [0, 0.1) is 0 Å². The van der Waals surface area contributed by atoms with E-state index in [0.717, 1.165) is 0 Å². The summed E-state index contributed by atoms with van der Waals surface area (Å²) in [4.78, 5) is 12.2. The molecule has 0 atom stereocenters. The van der Waals surface area contributed by atoms with Gasteiger partial charge in [0.25, 0.3) is 5.89 Å². The number of methoxy groups -OCH3 is 1. The Morgan fingerprint density at radius 1 is 1.16 bits per heavy atom. The van der Waals surface area contributed by atoms with Crippen molar-refractivity contribution in [1.82, 2.24) is 10.2 Å². The van der Waals surface area contributed by atoms with Crippen LogP contribution in [0.3, 0.4) is 0 Å². The maximum Gasteiger partial charge on any atom is 0.342 e. The molecule has 25 heavy (non-hydrogen) atoms. The lowest BCUT2D eigenvalue weighted by Crippen LogP contribution is -2.07. The van der Waals surface area contributed by atoms with E-state index in [9.17, 15) is 4.79 Å². The number of rotatable bonds is 5. The summed E-state index contributed by atoms with van der Waals surface area (Å²) in [7, 11) is 1.45. The number of nitrogens with zero attached hydrogens (tertiary/aromatic N) is 2. The summed E-state index contributed by atoms with van der Waals surface area (Å²) in [5.74, 6) is 0.134. The monoisotopic (exact) mass is 378 g/mol. The number of benzene rings is 2. The fourth-order valence-corrected chi connectivity index (χ4v) is 2.49. The van der Waals surface area contributed by atoms with Crippen LogP contribution >= 0.6 is 23.2 Å². The van der Waals surface area contributed by atoms with Gasteiger partial charge in [0.2, 0.25) is 5.89 Å². The summed E-state index contributed by atoms with van der Waals surface area (Å²) < 4.78 is 15.8. The SMILES string of the molecule is COc1ccc(Cl)cc1C(=O)OCc1nnc(-c2ccccc2Cl)o1. The first-order chi connectivity index (χ1) is 12.1. The molecular weight excluding hydrogens is 367 g/mol. The van der Waals surface area contributed by atoms with Gasteiger partial charge >= 0.3 is 5.97 Å². The number of hydrogen-bond donors (Lipinski definition) is 0. The lowest BCUT2D eigenvalue weighted by atomic mass is 10.2. The summed E-state index contributed by atoms with van der Waals surface area (Å²) in [6.45, 7) is -0.189. The van der Waals surface area contributed by atoms with Crippen LogP contribution in [-0.2, 0) is 11.3 Å². The predicted octanol–water partition coefficient (Wildman–Crippen LogP) is 4.41. The Hall–Kier alpha value is -2.57. The molecule has 6 nitrogen and oxygen atoms in total. The molecule has 128 valence electrons. The number of ether oxygens (including phenoxy) is 2. The summed E-state index contributed by atoms with van der Waals surface area (Å²) in [6.07, 6.45) is 0. The van der Waals surface area contributed by atoms with Crippen molar-refractivity contribution in [2.24, 2.45) is 0 Å². The zero-order valence-corrected chi connectivity index (χ0v) is 14.5. The fraction of sp³-hybridized carbons (Fsp3) is 0.118. The Balaban J connectivity index is 1.72. The second-order valence-electron chi connectivity index (χ2n) is 4.90. The van der Waals surface area contributed by atoms with E-state index in [0.29, 0.717) is 21.4 Å². The predicted molar refractivity (Wildman–Crippen MR) is 91.9 cm³/mol. The number of halogens is 2. The van der Waals surface area contributed by atoms with Crippen LogP contribution < -0.4 is 4.74 Å². The molecule has 8 heteroatoms. The van der Waals surface area contributed by atoms with Gasteiger partial charge in [-0.25, -0.2) is 4.79 Å². The molecule has 3 aromatic rings. The van der Waals surface area contributed by atoms with Crippen LogP contribution in [0.25, 0.3) is 11.5 Å². The van der Waals surface area contributed by atoms with Crippen molar-refractivity contribution in [2.45, 2.75) is 6.61 Å². The van der Waals surface area contributed by atoms with E-state index < -0.39 is 5.97 Å². The summed E-state index contributed by atoms with van der Waals surface area (Å²) in [5, 5.41) is 8.64. The average molecular weight is 379 g/mol. The molecule has 0 aliphatic carbocycles. The smallest absolute Gasteiger partial charge is 0.342 e. The minimum atomic E-state index is -0.614. The van der Waals surface area contributed by atoms with Gasteiger partial charge in [-0.3, -0.25) is 0 Å². The zero-order chi connectivity index (χ0) is 17.8. The van der Waals surface area contributed by atoms with Gasteiger partial charge in [0, 0.05) is 5.02 Å². The van der Waals surface area contributed by atoms with Crippen molar-refractivity contribution in [3.8, 4) is 17.2 Å². The third-order valence-electron chi connectivity index (χ3n) is 3.28. The Morgan fingerprint density at radius 2 is 1.96 bits per heavy atom. The molecule has 0 bridgehead atoms. The quantitative estimate of drug-likeness (QED) is 0.612. The van der Waals surface area contributed by atoms with E-state index in [1.54, 1.807) is 36.4 Å². The van der Waals surface area contributed by atoms with E-state index in [1.165, 1.54) is 13.2 Å². The largest absolute Gasteiger partial charge is 0.496 e. The van der Waals surface area contributed by atoms with Crippen LogP contribution in [0.15, 0.2) is 46.9 Å². The van der Waals surface area contributed by atoms with Gasteiger partial charge in [-0.15, -0.1) is 10.2 Å². The zero-order valence-electron chi connectivity index (χ0n) is 13.0. The van der Waals surface area contributed by atoms with Gasteiger partial charge in [-0.1, -0.05) is 35.3 Å². The van der Waals surface area contributed by atoms with Crippen molar-refractivity contribution in [1.29, 1.82) is 0 Å². The minimum Gasteiger partial charge on any atom is -0.496 e. The van der Waals surface area contributed by atoms with Crippen molar-refractivity contribution in [3.05, 3.63) is 64.0 Å². The van der Waals surface area contributed by atoms with E-state index in [2.05, 4.69) is 10.2 Å². The minimum absolute atomic E-state index is 0.143. The highest BCUT2D eigenvalue weighted by Gasteiger charge is 2.17. The molecule has 0 aliphatic rings. The standard InChI is InChI=1S/C17H12Cl2N2O4/c1-23-14-7-6-10(18)8-12(14)17(22)24-9-15-20-21-16(25-15)11-4-2-3-5-13(11)19/h2-8H,9H2,1H3. The molecular formula is C17H12Cl2N2O4. The van der Waals surface area contributed by atoms with Gasteiger partial charge < -0.3 is 13.9 Å². The third-order valence-corrected chi connectivity index (χ3v) is 3.84. The second kappa shape index (κ2) is 7.55. The Morgan fingerprint density at radius 3 is 2.72 bits per heavy atom. The molecule has 0 saturated carbocycles. The topological polar surface area (TPSA) is 74.5 Å². The first kappa shape index (κ1) is 17.3. The number of carbonyl (C=O) groups excluding carboxylic acids is 1. The van der Waals surface area contributed by atoms with E-state index in [-0.39, 0.29) is 24.0 Å². The van der Waals surface area contributed by atoms with Crippen molar-refractivity contribution in [3.63, 3.8) is 0 Å². The molecule has 0 radical (unpaired) electrons. The van der Waals surface area contributed by atoms with Gasteiger partial charge in [-0.2, -0.15) is 0 Å². The van der Waals surface area contributed by atoms with Crippen molar-refractivity contribution >= 4 is 29.2 Å². The molecule has 0 unspecified atom stereocenters. The Bertz CT molecular complexity index is 911. The molecule has 0 N–H and O–H groups in total. The molecule has 3 rings (SSSR count). The van der Waals surface area contributed by atoms with Crippen LogP contribution in [-0.4, -0.2) is 23.3 Å². The van der Waals surface area contributed by atoms with Crippen molar-refractivity contribution in [2.75, 3.05) is 7.11 Å². The van der Waals surface area contributed by atoms with E-state index in [1.807, 2.05) is 0 Å². The van der Waals surface area contributed by atoms with E-state index >= 15 is 0 Å². The third kappa shape index (κ3) is 3.92. The van der Waals surface area contributed by atoms with Crippen LogP contribution in [0.4, 0.5) is 0 Å². The maximum absolute atomic E-state index is 12.2. The lowest BCUT2D eigenvalue weighted by Gasteiger charge is -2.07. The highest BCUT2D eigenvalue weighted by atomic mass is 35.5. The number of hydrogen-bond acceptors (Lipinski definition) is 6. The number of carbonyl (C=O) groups is 1. The first-order valence-corrected chi connectivity index (χ1v) is 7.92. The highest BCUT2D eigenvalue weighted by molar-refractivity contribution is 6.33. The second-order valence-corrected chi connectivity index (χ2v) is 5.75. The van der Waals surface area contributed by atoms with Gasteiger partial charge in [0.05, 0.1) is 17.7 Å².